The van der Waals surface area contributed by atoms with E-state index >= 15 is 0 Å². The number of aromatic nitrogens is 4. The summed E-state index contributed by atoms with van der Waals surface area (Å²) in [6.45, 7) is 2.00. The van der Waals surface area contributed by atoms with Gasteiger partial charge in [0.25, 0.3) is 5.56 Å². The number of nitrogens with one attached hydrogen (secondary N) is 2. The van der Waals surface area contributed by atoms with Crippen LogP contribution in [0.3, 0.4) is 0 Å². The number of nitrogens with zero attached hydrogens (tertiary/aromatic N) is 3. The Balaban J connectivity index is 1.82. The molecule has 2 aromatic rings. The number of nitrogens with two attached hydrogens (primary N) is 1. The zero-order valence-corrected chi connectivity index (χ0v) is 12.5. The Hall–Kier alpha value is -1.58. The molecule has 0 radical (unpaired) electrons. The summed E-state index contributed by atoms with van der Waals surface area (Å²) in [5, 5.41) is 16.9. The highest BCUT2D eigenvalue weighted by molar-refractivity contribution is 7.98. The minimum Gasteiger partial charge on any atom is -0.391 e. The van der Waals surface area contributed by atoms with Crippen LogP contribution < -0.4 is 11.3 Å². The van der Waals surface area contributed by atoms with Crippen molar-refractivity contribution >= 4 is 28.7 Å². The number of nitrogen functional groups attached to an aromatic ring is 1. The molecule has 2 aromatic heterocycles. The number of thioether (sulfide) groups is 1. The van der Waals surface area contributed by atoms with Gasteiger partial charge in [-0.15, -0.1) is 0 Å². The molecule has 3 heterocycles. The first-order valence-electron chi connectivity index (χ1n) is 6.70. The maximum Gasteiger partial charge on any atom is 0.280 e. The smallest absolute Gasteiger partial charge is 0.280 e. The van der Waals surface area contributed by atoms with Crippen molar-refractivity contribution in [2.75, 3.05) is 30.8 Å². The summed E-state index contributed by atoms with van der Waals surface area (Å²) in [4.78, 5) is 20.4. The summed E-state index contributed by atoms with van der Waals surface area (Å²) in [5.41, 5.74) is 6.75. The molecule has 114 valence electrons. The molecule has 0 aromatic carbocycles. The second-order valence-electron chi connectivity index (χ2n) is 5.33. The van der Waals surface area contributed by atoms with Crippen LogP contribution in [0, 0.1) is 5.92 Å². The number of aliphatic hydroxyl groups excluding tert-OH is 1. The predicted molar refractivity (Wildman–Crippen MR) is 82.1 cm³/mol. The number of aromatic amines is 2. The second-order valence-corrected chi connectivity index (χ2v) is 6.24. The maximum absolute atomic E-state index is 11.7. The van der Waals surface area contributed by atoms with E-state index in [4.69, 9.17) is 5.73 Å². The second kappa shape index (κ2) is 5.66. The minimum atomic E-state index is -0.346. The molecule has 0 aliphatic carbocycles. The van der Waals surface area contributed by atoms with Crippen molar-refractivity contribution in [3.8, 4) is 0 Å². The molecule has 3 rings (SSSR count). The van der Waals surface area contributed by atoms with Gasteiger partial charge in [-0.05, 0) is 12.0 Å². The Morgan fingerprint density at radius 3 is 3.05 bits per heavy atom. The van der Waals surface area contributed by atoms with E-state index in [-0.39, 0.29) is 29.0 Å². The summed E-state index contributed by atoms with van der Waals surface area (Å²) in [7, 11) is 0. The van der Waals surface area contributed by atoms with Crippen LogP contribution in [0.1, 0.15) is 5.69 Å². The SMILES string of the molecule is CSC[C@@H]1CN(Cc2[nH]nc3c(=O)[nH]c(N)nc23)C[C@H]1O. The number of likely N-dealkylation sites (tertiary alicyclic amines) is 1. The molecule has 21 heavy (non-hydrogen) atoms. The van der Waals surface area contributed by atoms with Gasteiger partial charge < -0.3 is 10.8 Å². The van der Waals surface area contributed by atoms with Gasteiger partial charge in [-0.3, -0.25) is 19.8 Å². The predicted octanol–water partition coefficient (Wildman–Crippen LogP) is -0.616. The van der Waals surface area contributed by atoms with Crippen molar-refractivity contribution < 1.29 is 5.11 Å². The number of rotatable bonds is 4. The lowest BCUT2D eigenvalue weighted by Gasteiger charge is -2.14. The van der Waals surface area contributed by atoms with Crippen molar-refractivity contribution in [2.24, 2.45) is 5.92 Å². The summed E-state index contributed by atoms with van der Waals surface area (Å²) >= 11 is 1.74. The van der Waals surface area contributed by atoms with Gasteiger partial charge in [0.2, 0.25) is 5.95 Å². The molecule has 0 spiro atoms. The van der Waals surface area contributed by atoms with Gasteiger partial charge in [-0.1, -0.05) is 0 Å². The Bertz CT molecular complexity index is 699. The Morgan fingerprint density at radius 1 is 1.48 bits per heavy atom. The zero-order valence-electron chi connectivity index (χ0n) is 11.7. The van der Waals surface area contributed by atoms with E-state index in [0.29, 0.717) is 18.6 Å². The maximum atomic E-state index is 11.7. The molecular weight excluding hydrogens is 292 g/mol. The van der Waals surface area contributed by atoms with Crippen molar-refractivity contribution in [2.45, 2.75) is 12.6 Å². The van der Waals surface area contributed by atoms with E-state index in [1.54, 1.807) is 11.8 Å². The highest BCUT2D eigenvalue weighted by Gasteiger charge is 2.31. The van der Waals surface area contributed by atoms with Crippen LogP contribution in [0.2, 0.25) is 0 Å². The lowest BCUT2D eigenvalue weighted by molar-refractivity contribution is 0.149. The van der Waals surface area contributed by atoms with Crippen LogP contribution in [0.25, 0.3) is 11.0 Å². The van der Waals surface area contributed by atoms with Crippen LogP contribution in [0.4, 0.5) is 5.95 Å². The minimum absolute atomic E-state index is 0.0804. The number of β-amino-alcohol motifs (C(OH)–C–C–N with tert-alkyl or cyclic N) is 1. The molecule has 8 nitrogen and oxygen atoms in total. The first-order chi connectivity index (χ1) is 10.1. The number of fused-ring (bicyclic) bond motifs is 1. The van der Waals surface area contributed by atoms with Gasteiger partial charge >= 0.3 is 0 Å². The molecule has 1 aliphatic heterocycles. The zero-order chi connectivity index (χ0) is 15.0. The van der Waals surface area contributed by atoms with Crippen LogP contribution in [-0.2, 0) is 6.54 Å². The molecule has 1 aliphatic rings. The van der Waals surface area contributed by atoms with Crippen molar-refractivity contribution in [3.05, 3.63) is 16.0 Å². The van der Waals surface area contributed by atoms with Gasteiger partial charge in [0, 0.05) is 25.6 Å². The molecule has 5 N–H and O–H groups in total. The quantitative estimate of drug-likeness (QED) is 0.593. The summed E-state index contributed by atoms with van der Waals surface area (Å²) in [5.74, 6) is 1.29. The molecule has 9 heteroatoms. The first-order valence-corrected chi connectivity index (χ1v) is 8.10. The number of hydrogen-bond donors (Lipinski definition) is 4. The van der Waals surface area contributed by atoms with Crippen LogP contribution in [0.5, 0.6) is 0 Å². The van der Waals surface area contributed by atoms with Gasteiger partial charge in [-0.2, -0.15) is 16.9 Å². The van der Waals surface area contributed by atoms with E-state index in [1.807, 2.05) is 6.26 Å². The third-order valence-corrected chi connectivity index (χ3v) is 4.51. The fourth-order valence-electron chi connectivity index (χ4n) is 2.76. The fourth-order valence-corrected chi connectivity index (χ4v) is 3.51. The Labute approximate surface area is 125 Å². The average molecular weight is 310 g/mol. The summed E-state index contributed by atoms with van der Waals surface area (Å²) in [6, 6.07) is 0. The van der Waals surface area contributed by atoms with E-state index in [0.717, 1.165) is 18.0 Å². The summed E-state index contributed by atoms with van der Waals surface area (Å²) in [6.07, 6.45) is 1.73. The topological polar surface area (TPSA) is 124 Å². The highest BCUT2D eigenvalue weighted by atomic mass is 32.2. The molecule has 0 amide bonds. The van der Waals surface area contributed by atoms with Crippen molar-refractivity contribution in [1.29, 1.82) is 0 Å². The van der Waals surface area contributed by atoms with Gasteiger partial charge in [0.1, 0.15) is 5.52 Å². The average Bonchev–Trinajstić information content (AvgIpc) is 2.96. The molecule has 0 saturated carbocycles. The lowest BCUT2D eigenvalue weighted by Crippen LogP contribution is -2.22. The number of aliphatic hydroxyl groups is 1. The molecule has 1 saturated heterocycles. The molecular formula is C12H18N6O2S. The monoisotopic (exact) mass is 310 g/mol. The fraction of sp³-hybridized carbons (Fsp3) is 0.583. The van der Waals surface area contributed by atoms with Crippen molar-refractivity contribution in [3.63, 3.8) is 0 Å². The molecule has 0 bridgehead atoms. The third-order valence-electron chi connectivity index (χ3n) is 3.75. The Kier molecular flexibility index (Phi) is 3.87. The largest absolute Gasteiger partial charge is 0.391 e. The van der Waals surface area contributed by atoms with Crippen LogP contribution in [-0.4, -0.2) is 61.4 Å². The molecule has 2 atom stereocenters. The van der Waals surface area contributed by atoms with E-state index in [2.05, 4.69) is 25.1 Å². The van der Waals surface area contributed by atoms with E-state index < -0.39 is 0 Å². The van der Waals surface area contributed by atoms with Crippen LogP contribution >= 0.6 is 11.8 Å². The number of H-pyrrole nitrogens is 2. The highest BCUT2D eigenvalue weighted by Crippen LogP contribution is 2.23. The number of hydrogen-bond acceptors (Lipinski definition) is 7. The van der Waals surface area contributed by atoms with Crippen LogP contribution in [0.15, 0.2) is 4.79 Å². The van der Waals surface area contributed by atoms with Gasteiger partial charge in [-0.25, -0.2) is 4.98 Å². The standard InChI is InChI=1S/C12H18N6O2S/c1-21-5-6-2-18(4-8(6)19)3-7-9-10(17-16-7)11(20)15-12(13)14-9/h6,8,19H,2-5H2,1H3,(H,16,17)(H3,13,14,15,20)/t6-,8+/m0/s1. The first kappa shape index (κ1) is 14.4. The normalized spacial score (nSPS) is 23.1. The van der Waals surface area contributed by atoms with E-state index in [1.165, 1.54) is 0 Å². The molecule has 1 fully saturated rings. The van der Waals surface area contributed by atoms with E-state index in [9.17, 15) is 9.90 Å². The Morgan fingerprint density at radius 2 is 2.29 bits per heavy atom. The number of anilines is 1. The summed E-state index contributed by atoms with van der Waals surface area (Å²) < 4.78 is 0. The van der Waals surface area contributed by atoms with Crippen molar-refractivity contribution in [1.82, 2.24) is 25.1 Å². The third kappa shape index (κ3) is 2.76. The van der Waals surface area contributed by atoms with Gasteiger partial charge in [0.15, 0.2) is 5.52 Å². The van der Waals surface area contributed by atoms with Gasteiger partial charge in [0.05, 0.1) is 11.8 Å². The lowest BCUT2D eigenvalue weighted by atomic mass is 10.1. The molecule has 0 unspecified atom stereocenters.